The number of fused-ring (bicyclic) bond motifs is 3. The van der Waals surface area contributed by atoms with Gasteiger partial charge in [-0.1, -0.05) is 35.5 Å². The first-order valence-electron chi connectivity index (χ1n) is 10.5. The summed E-state index contributed by atoms with van der Waals surface area (Å²) < 4.78 is 5.34. The molecule has 0 saturated heterocycles. The van der Waals surface area contributed by atoms with E-state index in [4.69, 9.17) is 21.7 Å². The standard InChI is InChI=1S/C24H24ClN3O2S/c1-30-16-8-5-14(6-9-16)23-22-17(18-13-15(25)7-10-19(18)27-22)11-12-28(23)24(26)31-21-4-2-3-20(21)29/h5-10,13,21,23,26-27H,2-4,11-12H2,1H3. The number of amidine groups is 1. The topological polar surface area (TPSA) is 69.2 Å². The molecule has 0 spiro atoms. The molecule has 31 heavy (non-hydrogen) atoms. The number of halogens is 1. The number of Topliss-reactive ketones (excluding diaryl/α,β-unsaturated/α-hetero) is 1. The van der Waals surface area contributed by atoms with Crippen molar-refractivity contribution in [3.05, 3.63) is 64.3 Å². The number of nitrogens with one attached hydrogen (secondary N) is 2. The Kier molecular flexibility index (Phi) is 5.44. The number of aromatic nitrogens is 1. The van der Waals surface area contributed by atoms with Crippen LogP contribution in [0.15, 0.2) is 42.5 Å². The molecule has 0 amide bonds. The first-order chi connectivity index (χ1) is 15.0. The zero-order chi connectivity index (χ0) is 21.5. The molecule has 2 unspecified atom stereocenters. The van der Waals surface area contributed by atoms with Crippen molar-refractivity contribution in [1.82, 2.24) is 9.88 Å². The minimum atomic E-state index is -0.127. The SMILES string of the molecule is COc1ccc(C2c3[nH]c4ccc(Cl)cc4c3CCN2C(=N)SC2CCCC2=O)cc1. The van der Waals surface area contributed by atoms with Gasteiger partial charge in [0.15, 0.2) is 5.17 Å². The Morgan fingerprint density at radius 2 is 2.03 bits per heavy atom. The van der Waals surface area contributed by atoms with Crippen LogP contribution in [0.3, 0.4) is 0 Å². The summed E-state index contributed by atoms with van der Waals surface area (Å²) in [4.78, 5) is 17.9. The Bertz CT molecular complexity index is 1160. The summed E-state index contributed by atoms with van der Waals surface area (Å²) in [5.41, 5.74) is 4.49. The summed E-state index contributed by atoms with van der Waals surface area (Å²) in [5.74, 6) is 1.07. The van der Waals surface area contributed by atoms with Gasteiger partial charge >= 0.3 is 0 Å². The summed E-state index contributed by atoms with van der Waals surface area (Å²) in [6.07, 6.45) is 3.26. The summed E-state index contributed by atoms with van der Waals surface area (Å²) in [7, 11) is 1.66. The van der Waals surface area contributed by atoms with Gasteiger partial charge in [0.1, 0.15) is 11.5 Å². The molecule has 1 aliphatic carbocycles. The van der Waals surface area contributed by atoms with E-state index in [1.165, 1.54) is 17.3 Å². The number of ketones is 1. The van der Waals surface area contributed by atoms with E-state index in [-0.39, 0.29) is 17.1 Å². The number of carbonyl (C=O) groups excluding carboxylic acids is 1. The summed E-state index contributed by atoms with van der Waals surface area (Å²) in [6, 6.07) is 13.8. The minimum Gasteiger partial charge on any atom is -0.497 e. The molecule has 7 heteroatoms. The molecule has 2 aliphatic rings. The van der Waals surface area contributed by atoms with Crippen LogP contribution in [0.5, 0.6) is 5.75 Å². The lowest BCUT2D eigenvalue weighted by Gasteiger charge is -2.38. The molecular weight excluding hydrogens is 430 g/mol. The average Bonchev–Trinajstić information content (AvgIpc) is 3.35. The number of rotatable bonds is 3. The van der Waals surface area contributed by atoms with Crippen LogP contribution in [0.2, 0.25) is 5.02 Å². The molecule has 0 bridgehead atoms. The highest BCUT2D eigenvalue weighted by Crippen LogP contribution is 2.41. The highest BCUT2D eigenvalue weighted by Gasteiger charge is 2.35. The van der Waals surface area contributed by atoms with Gasteiger partial charge in [0, 0.05) is 34.6 Å². The van der Waals surface area contributed by atoms with E-state index in [9.17, 15) is 4.79 Å². The Balaban J connectivity index is 1.56. The van der Waals surface area contributed by atoms with Gasteiger partial charge in [-0.25, -0.2) is 0 Å². The second-order valence-electron chi connectivity index (χ2n) is 8.10. The Morgan fingerprint density at radius 1 is 1.23 bits per heavy atom. The number of benzene rings is 2. The number of thioether (sulfide) groups is 1. The normalized spacial score (nSPS) is 20.8. The van der Waals surface area contributed by atoms with E-state index in [2.05, 4.69) is 22.0 Å². The molecule has 3 aromatic rings. The fourth-order valence-electron chi connectivity index (χ4n) is 4.72. The number of hydrogen-bond donors (Lipinski definition) is 2. The van der Waals surface area contributed by atoms with Crippen LogP contribution >= 0.6 is 23.4 Å². The van der Waals surface area contributed by atoms with Crippen LogP contribution in [0.1, 0.15) is 42.1 Å². The average molecular weight is 454 g/mol. The third kappa shape index (κ3) is 3.72. The highest BCUT2D eigenvalue weighted by molar-refractivity contribution is 8.14. The largest absolute Gasteiger partial charge is 0.497 e. The van der Waals surface area contributed by atoms with E-state index in [0.29, 0.717) is 11.6 Å². The fourth-order valence-corrected chi connectivity index (χ4v) is 6.03. The molecule has 1 fully saturated rings. The molecule has 5 nitrogen and oxygen atoms in total. The second-order valence-corrected chi connectivity index (χ2v) is 9.72. The highest BCUT2D eigenvalue weighted by atomic mass is 35.5. The Labute approximate surface area is 190 Å². The van der Waals surface area contributed by atoms with Gasteiger partial charge in [-0.3, -0.25) is 10.2 Å². The van der Waals surface area contributed by atoms with Gasteiger partial charge in [0.25, 0.3) is 0 Å². The third-order valence-corrected chi connectivity index (χ3v) is 7.76. The summed E-state index contributed by atoms with van der Waals surface area (Å²) in [6.45, 7) is 0.718. The van der Waals surface area contributed by atoms with Crippen molar-refractivity contribution < 1.29 is 9.53 Å². The first-order valence-corrected chi connectivity index (χ1v) is 11.8. The molecule has 2 aromatic carbocycles. The first kappa shape index (κ1) is 20.5. The van der Waals surface area contributed by atoms with Crippen LogP contribution in [-0.4, -0.2) is 39.7 Å². The quantitative estimate of drug-likeness (QED) is 0.402. The number of carbonyl (C=O) groups is 1. The summed E-state index contributed by atoms with van der Waals surface area (Å²) in [5, 5.41) is 11.1. The van der Waals surface area contributed by atoms with Gasteiger partial charge in [0.05, 0.1) is 18.4 Å². The van der Waals surface area contributed by atoms with E-state index in [1.807, 2.05) is 30.3 Å². The molecule has 2 N–H and O–H groups in total. The van der Waals surface area contributed by atoms with Crippen LogP contribution < -0.4 is 4.74 Å². The molecule has 2 heterocycles. The van der Waals surface area contributed by atoms with Gasteiger partial charge in [-0.15, -0.1) is 0 Å². The maximum absolute atomic E-state index is 12.2. The predicted molar refractivity (Wildman–Crippen MR) is 127 cm³/mol. The van der Waals surface area contributed by atoms with E-state index in [0.717, 1.165) is 58.7 Å². The number of ether oxygens (including phenoxy) is 1. The predicted octanol–water partition coefficient (Wildman–Crippen LogP) is 5.57. The number of hydrogen-bond acceptors (Lipinski definition) is 4. The molecule has 5 rings (SSSR count). The fraction of sp³-hybridized carbons (Fsp3) is 0.333. The van der Waals surface area contributed by atoms with Gasteiger partial charge in [0.2, 0.25) is 0 Å². The smallest absolute Gasteiger partial charge is 0.157 e. The maximum atomic E-state index is 12.2. The number of aromatic amines is 1. The molecule has 1 saturated carbocycles. The molecular formula is C24H24ClN3O2S. The molecule has 160 valence electrons. The Morgan fingerprint density at radius 3 is 2.74 bits per heavy atom. The van der Waals surface area contributed by atoms with Crippen molar-refractivity contribution in [1.29, 1.82) is 5.41 Å². The second kappa shape index (κ2) is 8.24. The molecule has 1 aliphatic heterocycles. The number of H-pyrrole nitrogens is 1. The Hall–Kier alpha value is -2.44. The minimum absolute atomic E-state index is 0.0908. The van der Waals surface area contributed by atoms with Crippen LogP contribution in [-0.2, 0) is 11.2 Å². The number of methoxy groups -OCH3 is 1. The number of nitrogens with zero attached hydrogens (tertiary/aromatic N) is 1. The molecule has 1 aromatic heterocycles. The van der Waals surface area contributed by atoms with Crippen molar-refractivity contribution in [2.24, 2.45) is 0 Å². The lowest BCUT2D eigenvalue weighted by atomic mass is 9.93. The van der Waals surface area contributed by atoms with Gasteiger partial charge < -0.3 is 14.6 Å². The van der Waals surface area contributed by atoms with Crippen molar-refractivity contribution in [3.63, 3.8) is 0 Å². The molecule has 2 atom stereocenters. The van der Waals surface area contributed by atoms with Gasteiger partial charge in [-0.2, -0.15) is 0 Å². The van der Waals surface area contributed by atoms with Gasteiger partial charge in [-0.05, 0) is 60.7 Å². The zero-order valence-electron chi connectivity index (χ0n) is 17.3. The van der Waals surface area contributed by atoms with Crippen molar-refractivity contribution in [3.8, 4) is 5.75 Å². The van der Waals surface area contributed by atoms with E-state index < -0.39 is 0 Å². The third-order valence-electron chi connectivity index (χ3n) is 6.28. The van der Waals surface area contributed by atoms with Crippen LogP contribution in [0.25, 0.3) is 10.9 Å². The van der Waals surface area contributed by atoms with Crippen molar-refractivity contribution in [2.75, 3.05) is 13.7 Å². The maximum Gasteiger partial charge on any atom is 0.157 e. The monoisotopic (exact) mass is 453 g/mol. The van der Waals surface area contributed by atoms with E-state index in [1.54, 1.807) is 7.11 Å². The van der Waals surface area contributed by atoms with E-state index >= 15 is 0 Å². The van der Waals surface area contributed by atoms with Crippen LogP contribution in [0, 0.1) is 5.41 Å². The lowest BCUT2D eigenvalue weighted by molar-refractivity contribution is -0.116. The van der Waals surface area contributed by atoms with Crippen LogP contribution in [0.4, 0.5) is 0 Å². The lowest BCUT2D eigenvalue weighted by Crippen LogP contribution is -2.39. The zero-order valence-corrected chi connectivity index (χ0v) is 18.9. The molecule has 0 radical (unpaired) electrons. The summed E-state index contributed by atoms with van der Waals surface area (Å²) >= 11 is 7.70. The van der Waals surface area contributed by atoms with Crippen molar-refractivity contribution in [2.45, 2.75) is 37.0 Å². The van der Waals surface area contributed by atoms with Crippen molar-refractivity contribution >= 4 is 45.2 Å².